The lowest BCUT2D eigenvalue weighted by Crippen LogP contribution is -2.49. The van der Waals surface area contributed by atoms with Gasteiger partial charge in [-0.15, -0.1) is 0 Å². The fourth-order valence-corrected chi connectivity index (χ4v) is 5.24. The average molecular weight is 571 g/mol. The summed E-state index contributed by atoms with van der Waals surface area (Å²) in [6, 6.07) is 12.1. The number of hydrogen-bond donors (Lipinski definition) is 3. The predicted molar refractivity (Wildman–Crippen MR) is 153 cm³/mol. The maximum absolute atomic E-state index is 12.8. The van der Waals surface area contributed by atoms with Crippen molar-refractivity contribution in [3.8, 4) is 0 Å². The Morgan fingerprint density at radius 3 is 2.35 bits per heavy atom. The Labute approximate surface area is 230 Å². The van der Waals surface area contributed by atoms with Gasteiger partial charge in [-0.05, 0) is 80.1 Å². The molecule has 37 heavy (non-hydrogen) atoms. The molecule has 0 spiro atoms. The van der Waals surface area contributed by atoms with Gasteiger partial charge in [0.05, 0.1) is 15.7 Å². The van der Waals surface area contributed by atoms with E-state index >= 15 is 0 Å². The number of amides is 2. The third kappa shape index (κ3) is 9.04. The Morgan fingerprint density at radius 1 is 1.05 bits per heavy atom. The molecule has 8 nitrogen and oxygen atoms in total. The van der Waals surface area contributed by atoms with Crippen LogP contribution in [-0.4, -0.2) is 63.4 Å². The first-order chi connectivity index (χ1) is 17.4. The van der Waals surface area contributed by atoms with E-state index in [4.69, 9.17) is 23.2 Å². The van der Waals surface area contributed by atoms with Gasteiger partial charge in [0.1, 0.15) is 0 Å². The molecule has 3 rings (SSSR count). The van der Waals surface area contributed by atoms with Crippen molar-refractivity contribution in [1.29, 1.82) is 0 Å². The van der Waals surface area contributed by atoms with E-state index in [2.05, 4.69) is 34.1 Å². The zero-order valence-corrected chi connectivity index (χ0v) is 24.1. The molecular formula is C26H37Cl2N5O3S. The van der Waals surface area contributed by atoms with Crippen LogP contribution in [-0.2, 0) is 16.6 Å². The average Bonchev–Trinajstić information content (AvgIpc) is 2.82. The lowest BCUT2D eigenvalue weighted by molar-refractivity contribution is 0.157. The number of benzene rings is 2. The van der Waals surface area contributed by atoms with Gasteiger partial charge >= 0.3 is 16.2 Å². The topological polar surface area (TPSA) is 93.8 Å². The summed E-state index contributed by atoms with van der Waals surface area (Å²) in [5.41, 5.74) is 2.09. The molecular weight excluding hydrogens is 533 g/mol. The summed E-state index contributed by atoms with van der Waals surface area (Å²) in [5, 5.41) is 7.10. The maximum Gasteiger partial charge on any atom is 0.319 e. The molecule has 1 heterocycles. The monoisotopic (exact) mass is 569 g/mol. The Kier molecular flexibility index (Phi) is 10.5. The summed E-state index contributed by atoms with van der Waals surface area (Å²) in [5.74, 6) is 0.845. The molecule has 0 bridgehead atoms. The fourth-order valence-electron chi connectivity index (χ4n) is 4.31. The normalized spacial score (nSPS) is 16.1. The summed E-state index contributed by atoms with van der Waals surface area (Å²) < 4.78 is 27.7. The molecule has 1 fully saturated rings. The van der Waals surface area contributed by atoms with E-state index < -0.39 is 10.2 Å². The molecule has 1 aliphatic rings. The van der Waals surface area contributed by atoms with Gasteiger partial charge in [0, 0.05) is 32.4 Å². The van der Waals surface area contributed by atoms with Gasteiger partial charge in [0.2, 0.25) is 0 Å². The number of rotatable bonds is 10. The van der Waals surface area contributed by atoms with E-state index in [0.717, 1.165) is 43.2 Å². The van der Waals surface area contributed by atoms with Crippen LogP contribution in [0.15, 0.2) is 42.5 Å². The molecule has 204 valence electrons. The lowest BCUT2D eigenvalue weighted by atomic mass is 9.89. The van der Waals surface area contributed by atoms with Gasteiger partial charge in [-0.3, -0.25) is 4.72 Å². The van der Waals surface area contributed by atoms with Gasteiger partial charge in [0.15, 0.2) is 0 Å². The molecule has 0 saturated carbocycles. The second-order valence-corrected chi connectivity index (χ2v) is 12.8. The quantitative estimate of drug-likeness (QED) is 0.361. The van der Waals surface area contributed by atoms with Crippen LogP contribution in [0.4, 0.5) is 16.2 Å². The second kappa shape index (κ2) is 13.2. The predicted octanol–water partition coefficient (Wildman–Crippen LogP) is 5.31. The number of hydrogen-bond acceptors (Lipinski definition) is 4. The minimum absolute atomic E-state index is 0.0259. The van der Waals surface area contributed by atoms with Gasteiger partial charge in [0.25, 0.3) is 0 Å². The van der Waals surface area contributed by atoms with Crippen molar-refractivity contribution in [2.24, 2.45) is 11.8 Å². The van der Waals surface area contributed by atoms with Crippen LogP contribution in [0.2, 0.25) is 10.0 Å². The zero-order valence-electron chi connectivity index (χ0n) is 21.8. The van der Waals surface area contributed by atoms with Crippen LogP contribution in [0.25, 0.3) is 0 Å². The molecule has 2 amide bonds. The van der Waals surface area contributed by atoms with E-state index in [1.165, 1.54) is 19.7 Å². The van der Waals surface area contributed by atoms with Crippen LogP contribution >= 0.6 is 23.2 Å². The molecule has 1 atom stereocenters. The van der Waals surface area contributed by atoms with Gasteiger partial charge < -0.3 is 15.5 Å². The highest BCUT2D eigenvalue weighted by atomic mass is 35.5. The van der Waals surface area contributed by atoms with E-state index in [-0.39, 0.29) is 18.0 Å². The number of nitrogens with one attached hydrogen (secondary N) is 3. The number of halogens is 2. The number of carbonyl (C=O) groups excluding carboxylic acids is 1. The molecule has 0 aliphatic carbocycles. The summed E-state index contributed by atoms with van der Waals surface area (Å²) in [6.07, 6.45) is 3.17. The summed E-state index contributed by atoms with van der Waals surface area (Å²) in [4.78, 5) is 15.2. The van der Waals surface area contributed by atoms with E-state index in [1.54, 1.807) is 24.3 Å². The number of anilines is 2. The highest BCUT2D eigenvalue weighted by molar-refractivity contribution is 7.90. The molecule has 11 heteroatoms. The van der Waals surface area contributed by atoms with Crippen LogP contribution in [0.1, 0.15) is 32.3 Å². The van der Waals surface area contributed by atoms with Crippen molar-refractivity contribution < 1.29 is 13.2 Å². The first kappa shape index (κ1) is 29.5. The van der Waals surface area contributed by atoms with Gasteiger partial charge in [-0.1, -0.05) is 49.2 Å². The number of urea groups is 1. The van der Waals surface area contributed by atoms with Crippen molar-refractivity contribution in [2.45, 2.75) is 39.2 Å². The Morgan fingerprint density at radius 2 is 1.73 bits per heavy atom. The third-order valence-electron chi connectivity index (χ3n) is 6.64. The highest BCUT2D eigenvalue weighted by Crippen LogP contribution is 2.27. The first-order valence-electron chi connectivity index (χ1n) is 12.5. The standard InChI is InChI=1S/C26H37Cl2N5O3S/c1-18(2)25(17-33-12-10-19(11-13-33)14-20-8-9-23(27)24(28)15-20)30-26(34)29-21-6-5-7-22(16-21)31-37(35,36)32(3)4/h5-9,15-16,18-19,25,31H,10-14,17H2,1-4H3,(H2,29,30,34). The minimum atomic E-state index is -3.63. The van der Waals surface area contributed by atoms with Crippen LogP contribution in [0.3, 0.4) is 0 Å². The molecule has 0 radical (unpaired) electrons. The van der Waals surface area contributed by atoms with E-state index in [9.17, 15) is 13.2 Å². The molecule has 1 aliphatic heterocycles. The van der Waals surface area contributed by atoms with Crippen molar-refractivity contribution in [1.82, 2.24) is 14.5 Å². The van der Waals surface area contributed by atoms with Crippen molar-refractivity contribution in [3.05, 3.63) is 58.1 Å². The first-order valence-corrected chi connectivity index (χ1v) is 14.7. The van der Waals surface area contributed by atoms with Crippen molar-refractivity contribution >= 4 is 50.8 Å². The van der Waals surface area contributed by atoms with E-state index in [0.29, 0.717) is 27.3 Å². The fraction of sp³-hybridized carbons (Fsp3) is 0.500. The van der Waals surface area contributed by atoms with Crippen molar-refractivity contribution in [2.75, 3.05) is 43.8 Å². The SMILES string of the molecule is CC(C)C(CN1CCC(Cc2ccc(Cl)c(Cl)c2)CC1)NC(=O)Nc1cccc(NS(=O)(=O)N(C)C)c1. The number of piperidine rings is 1. The van der Waals surface area contributed by atoms with Gasteiger partial charge in [-0.2, -0.15) is 12.7 Å². The molecule has 0 aromatic heterocycles. The lowest BCUT2D eigenvalue weighted by Gasteiger charge is -2.35. The molecule has 1 saturated heterocycles. The third-order valence-corrected chi connectivity index (χ3v) is 8.83. The smallest absolute Gasteiger partial charge is 0.319 e. The molecule has 3 N–H and O–H groups in total. The number of nitrogens with zero attached hydrogens (tertiary/aromatic N) is 2. The summed E-state index contributed by atoms with van der Waals surface area (Å²) >= 11 is 12.2. The molecule has 2 aromatic rings. The Bertz CT molecular complexity index is 1170. The molecule has 1 unspecified atom stereocenters. The summed E-state index contributed by atoms with van der Waals surface area (Å²) in [6.45, 7) is 6.92. The van der Waals surface area contributed by atoms with Crippen LogP contribution in [0, 0.1) is 11.8 Å². The van der Waals surface area contributed by atoms with E-state index in [1.807, 2.05) is 18.2 Å². The summed E-state index contributed by atoms with van der Waals surface area (Å²) in [7, 11) is -0.737. The largest absolute Gasteiger partial charge is 0.334 e. The van der Waals surface area contributed by atoms with Crippen LogP contribution in [0.5, 0.6) is 0 Å². The van der Waals surface area contributed by atoms with Gasteiger partial charge in [-0.25, -0.2) is 4.79 Å². The number of carbonyl (C=O) groups is 1. The number of likely N-dealkylation sites (tertiary alicyclic amines) is 1. The maximum atomic E-state index is 12.8. The minimum Gasteiger partial charge on any atom is -0.334 e. The van der Waals surface area contributed by atoms with Crippen molar-refractivity contribution in [3.63, 3.8) is 0 Å². The highest BCUT2D eigenvalue weighted by Gasteiger charge is 2.25. The zero-order chi connectivity index (χ0) is 27.2. The van der Waals surface area contributed by atoms with Crippen LogP contribution < -0.4 is 15.4 Å². The second-order valence-electron chi connectivity index (χ2n) is 10.1. The Balaban J connectivity index is 1.50. The molecule has 2 aromatic carbocycles. The Hall–Kier alpha value is -2.04.